The Hall–Kier alpha value is -0.420. The van der Waals surface area contributed by atoms with Crippen molar-refractivity contribution in [2.24, 2.45) is 0 Å². The molecule has 0 amide bonds. The molecule has 0 fully saturated rings. The lowest BCUT2D eigenvalue weighted by Crippen LogP contribution is -1.93. The predicted octanol–water partition coefficient (Wildman–Crippen LogP) is 10.5. The van der Waals surface area contributed by atoms with Gasteiger partial charge in [-0.2, -0.15) is 0 Å². The highest BCUT2D eigenvalue weighted by Crippen LogP contribution is 2.35. The van der Waals surface area contributed by atoms with Crippen molar-refractivity contribution in [1.29, 1.82) is 0 Å². The van der Waals surface area contributed by atoms with Crippen LogP contribution in [0.15, 0.2) is 0 Å². The fourth-order valence-corrected chi connectivity index (χ4v) is 5.52. The molecule has 0 aliphatic rings. The normalized spacial score (nSPS) is 11.8. The Bertz CT molecular complexity index is 536. The summed E-state index contributed by atoms with van der Waals surface area (Å²) in [5.74, 6) is -0.661. The first-order chi connectivity index (χ1) is 18.4. The average Bonchev–Trinajstić information content (AvgIpc) is 2.86. The van der Waals surface area contributed by atoms with Crippen molar-refractivity contribution in [2.45, 2.75) is 186 Å². The molecule has 0 bridgehead atoms. The van der Waals surface area contributed by atoms with E-state index in [1.807, 2.05) is 0 Å². The number of hydrogen-bond acceptors (Lipinski definition) is 3. The first kappa shape index (κ1) is 37.6. The van der Waals surface area contributed by atoms with Gasteiger partial charge < -0.3 is 14.9 Å². The smallest absolute Gasteiger partial charge is 0.469 e. The molecule has 228 valence electrons. The number of carbonyl (C=O) groups is 1. The molecule has 0 aromatic rings. The Balaban J connectivity index is 3.06. The number of phosphoric acid groups is 1. The van der Waals surface area contributed by atoms with Crippen molar-refractivity contribution in [3.05, 3.63) is 0 Å². The van der Waals surface area contributed by atoms with Crippen LogP contribution in [-0.4, -0.2) is 27.5 Å². The van der Waals surface area contributed by atoms with Gasteiger partial charge in [-0.05, 0) is 12.8 Å². The Labute approximate surface area is 235 Å². The zero-order valence-corrected chi connectivity index (χ0v) is 25.6. The summed E-state index contributed by atoms with van der Waals surface area (Å²) in [5, 5.41) is 8.62. The second-order valence-corrected chi connectivity index (χ2v) is 12.6. The number of aliphatic carboxylic acids is 1. The van der Waals surface area contributed by atoms with E-state index in [1.54, 1.807) is 0 Å². The molecule has 38 heavy (non-hydrogen) atoms. The second kappa shape index (κ2) is 29.6. The topological polar surface area (TPSA) is 104 Å². The summed E-state index contributed by atoms with van der Waals surface area (Å²) in [6.45, 7) is 0.161. The Morgan fingerprint density at radius 2 is 0.632 bits per heavy atom. The van der Waals surface area contributed by atoms with Crippen LogP contribution in [0.5, 0.6) is 0 Å². The number of carboxylic acid groups (broad SMARTS) is 1. The van der Waals surface area contributed by atoms with Crippen LogP contribution in [0.2, 0.25) is 0 Å². The number of phosphoric ester groups is 1. The molecule has 0 aliphatic carbocycles. The average molecular weight is 563 g/mol. The summed E-state index contributed by atoms with van der Waals surface area (Å²) >= 11 is 0. The van der Waals surface area contributed by atoms with Gasteiger partial charge in [-0.25, -0.2) is 4.57 Å². The summed E-state index contributed by atoms with van der Waals surface area (Å²) in [6.07, 6.45) is 36.4. The third-order valence-electron chi connectivity index (χ3n) is 7.54. The van der Waals surface area contributed by atoms with Gasteiger partial charge in [-0.1, -0.05) is 167 Å². The summed E-state index contributed by atoms with van der Waals surface area (Å²) in [7, 11) is -4.28. The standard InChI is InChI=1S/C31H63O6P/c32-31(33)29-27-25-23-21-19-17-15-13-11-9-7-5-3-1-2-4-6-8-10-12-14-16-18-20-22-24-26-28-30-37-38(34,35)36/h1-30H2,(H,32,33)(H2,34,35,36). The van der Waals surface area contributed by atoms with Gasteiger partial charge in [-0.3, -0.25) is 9.32 Å². The van der Waals surface area contributed by atoms with E-state index >= 15 is 0 Å². The van der Waals surface area contributed by atoms with Crippen LogP contribution < -0.4 is 0 Å². The summed E-state index contributed by atoms with van der Waals surface area (Å²) in [6, 6.07) is 0. The van der Waals surface area contributed by atoms with Crippen LogP contribution in [-0.2, 0) is 13.9 Å². The maximum Gasteiger partial charge on any atom is 0.469 e. The Kier molecular flexibility index (Phi) is 29.2. The minimum Gasteiger partial charge on any atom is -0.481 e. The molecular weight excluding hydrogens is 499 g/mol. The quantitative estimate of drug-likeness (QED) is 0.0556. The van der Waals surface area contributed by atoms with Crippen molar-refractivity contribution < 1.29 is 28.8 Å². The lowest BCUT2D eigenvalue weighted by Gasteiger charge is -2.05. The Morgan fingerprint density at radius 1 is 0.421 bits per heavy atom. The molecule has 0 aromatic carbocycles. The number of unbranched alkanes of at least 4 members (excludes halogenated alkanes) is 27. The van der Waals surface area contributed by atoms with Crippen LogP contribution in [0.4, 0.5) is 0 Å². The molecule has 0 spiro atoms. The third kappa shape index (κ3) is 35.6. The SMILES string of the molecule is O=C(O)CCCCCCCCCCCCCCCCCCCCCCCCCCCCCCOP(=O)(O)O. The first-order valence-corrected chi connectivity index (χ1v) is 17.9. The minimum atomic E-state index is -4.28. The molecule has 0 unspecified atom stereocenters. The predicted molar refractivity (Wildman–Crippen MR) is 160 cm³/mol. The maximum atomic E-state index is 10.6. The largest absolute Gasteiger partial charge is 0.481 e. The van der Waals surface area contributed by atoms with E-state index < -0.39 is 13.8 Å². The molecule has 7 heteroatoms. The molecule has 0 aromatic heterocycles. The van der Waals surface area contributed by atoms with E-state index in [-0.39, 0.29) is 6.61 Å². The molecule has 3 N–H and O–H groups in total. The van der Waals surface area contributed by atoms with E-state index in [0.29, 0.717) is 6.42 Å². The molecule has 0 saturated heterocycles. The zero-order valence-electron chi connectivity index (χ0n) is 24.7. The van der Waals surface area contributed by atoms with Crippen molar-refractivity contribution >= 4 is 13.8 Å². The first-order valence-electron chi connectivity index (χ1n) is 16.3. The highest BCUT2D eigenvalue weighted by molar-refractivity contribution is 7.46. The summed E-state index contributed by atoms with van der Waals surface area (Å²) < 4.78 is 15.0. The van der Waals surface area contributed by atoms with Gasteiger partial charge in [0.2, 0.25) is 0 Å². The van der Waals surface area contributed by atoms with Crippen molar-refractivity contribution in [1.82, 2.24) is 0 Å². The summed E-state index contributed by atoms with van der Waals surface area (Å²) in [4.78, 5) is 27.7. The van der Waals surface area contributed by atoms with Crippen LogP contribution >= 0.6 is 7.82 Å². The monoisotopic (exact) mass is 562 g/mol. The van der Waals surface area contributed by atoms with Crippen LogP contribution in [0, 0.1) is 0 Å². The van der Waals surface area contributed by atoms with Gasteiger partial charge in [0, 0.05) is 6.42 Å². The van der Waals surface area contributed by atoms with Gasteiger partial charge in [0.15, 0.2) is 0 Å². The fourth-order valence-electron chi connectivity index (χ4n) is 5.16. The Morgan fingerprint density at radius 3 is 0.842 bits per heavy atom. The minimum absolute atomic E-state index is 0.161. The lowest BCUT2D eigenvalue weighted by molar-refractivity contribution is -0.137. The molecule has 0 aliphatic heterocycles. The number of hydrogen-bond donors (Lipinski definition) is 3. The van der Waals surface area contributed by atoms with E-state index in [1.165, 1.54) is 148 Å². The van der Waals surface area contributed by atoms with E-state index in [2.05, 4.69) is 4.52 Å². The maximum absolute atomic E-state index is 10.6. The van der Waals surface area contributed by atoms with Crippen LogP contribution in [0.25, 0.3) is 0 Å². The third-order valence-corrected chi connectivity index (χ3v) is 8.06. The molecule has 6 nitrogen and oxygen atoms in total. The van der Waals surface area contributed by atoms with E-state index in [9.17, 15) is 9.36 Å². The van der Waals surface area contributed by atoms with Crippen molar-refractivity contribution in [3.63, 3.8) is 0 Å². The van der Waals surface area contributed by atoms with Gasteiger partial charge in [0.25, 0.3) is 0 Å². The summed E-state index contributed by atoms with van der Waals surface area (Å²) in [5.41, 5.74) is 0. The van der Waals surface area contributed by atoms with Crippen LogP contribution in [0.1, 0.15) is 186 Å². The van der Waals surface area contributed by atoms with Gasteiger partial charge in [-0.15, -0.1) is 0 Å². The molecule has 0 atom stereocenters. The molecular formula is C31H63O6P. The molecule has 0 rings (SSSR count). The highest BCUT2D eigenvalue weighted by atomic mass is 31.2. The van der Waals surface area contributed by atoms with Gasteiger partial charge in [0.05, 0.1) is 6.61 Å². The second-order valence-electron chi connectivity index (χ2n) is 11.4. The van der Waals surface area contributed by atoms with Crippen molar-refractivity contribution in [2.75, 3.05) is 6.61 Å². The zero-order chi connectivity index (χ0) is 28.0. The number of rotatable bonds is 32. The fraction of sp³-hybridized carbons (Fsp3) is 0.968. The van der Waals surface area contributed by atoms with E-state index in [0.717, 1.165) is 32.1 Å². The molecule has 0 saturated carbocycles. The van der Waals surface area contributed by atoms with Crippen LogP contribution in [0.3, 0.4) is 0 Å². The van der Waals surface area contributed by atoms with Crippen molar-refractivity contribution in [3.8, 4) is 0 Å². The van der Waals surface area contributed by atoms with E-state index in [4.69, 9.17) is 14.9 Å². The lowest BCUT2D eigenvalue weighted by atomic mass is 10.0. The molecule has 0 radical (unpaired) electrons. The highest BCUT2D eigenvalue weighted by Gasteiger charge is 2.12. The molecule has 0 heterocycles. The number of carboxylic acids is 1. The van der Waals surface area contributed by atoms with Gasteiger partial charge in [0.1, 0.15) is 0 Å². The van der Waals surface area contributed by atoms with Gasteiger partial charge >= 0.3 is 13.8 Å².